The quantitative estimate of drug-likeness (QED) is 0.582. The first-order chi connectivity index (χ1) is 14.4. The molecule has 5 nitrogen and oxygen atoms in total. The molecule has 0 saturated carbocycles. The van der Waals surface area contributed by atoms with E-state index in [1.54, 1.807) is 0 Å². The zero-order valence-electron chi connectivity index (χ0n) is 18.3. The van der Waals surface area contributed by atoms with Gasteiger partial charge in [0.15, 0.2) is 5.76 Å². The van der Waals surface area contributed by atoms with Crippen LogP contribution in [0.15, 0.2) is 46.9 Å². The van der Waals surface area contributed by atoms with E-state index in [9.17, 15) is 4.79 Å². The lowest BCUT2D eigenvalue weighted by molar-refractivity contribution is 0.0485. The number of rotatable bonds is 6. The van der Waals surface area contributed by atoms with Crippen LogP contribution in [0.4, 0.5) is 5.69 Å². The fourth-order valence-corrected chi connectivity index (χ4v) is 4.06. The standard InChI is InChI=1S/C25H30N2O3/c1-17-7-12-23-22(14-17)18(2)24(30-23)25(28)27(16-21-6-5-13-29-21)15-19-8-10-20(11-9-19)26(3)4/h7-12,14,21H,5-6,13,15-16H2,1-4H3/t21-/m1/s1. The lowest BCUT2D eigenvalue weighted by Crippen LogP contribution is -2.37. The molecule has 1 atom stereocenters. The molecule has 158 valence electrons. The number of furan rings is 1. The molecule has 1 aliphatic rings. The van der Waals surface area contributed by atoms with Crippen molar-refractivity contribution >= 4 is 22.6 Å². The molecule has 30 heavy (non-hydrogen) atoms. The number of nitrogens with zero attached hydrogens (tertiary/aromatic N) is 2. The highest BCUT2D eigenvalue weighted by Gasteiger charge is 2.27. The van der Waals surface area contributed by atoms with E-state index in [2.05, 4.69) is 42.2 Å². The molecular weight excluding hydrogens is 376 g/mol. The smallest absolute Gasteiger partial charge is 0.290 e. The van der Waals surface area contributed by atoms with Crippen LogP contribution >= 0.6 is 0 Å². The zero-order valence-corrected chi connectivity index (χ0v) is 18.3. The first-order valence-corrected chi connectivity index (χ1v) is 10.6. The summed E-state index contributed by atoms with van der Waals surface area (Å²) in [7, 11) is 4.04. The first kappa shape index (κ1) is 20.5. The van der Waals surface area contributed by atoms with Crippen LogP contribution in [0.3, 0.4) is 0 Å². The predicted molar refractivity (Wildman–Crippen MR) is 120 cm³/mol. The lowest BCUT2D eigenvalue weighted by atomic mass is 10.1. The van der Waals surface area contributed by atoms with Crippen molar-refractivity contribution in [1.82, 2.24) is 4.90 Å². The highest BCUT2D eigenvalue weighted by Crippen LogP contribution is 2.28. The average Bonchev–Trinajstić information content (AvgIpc) is 3.35. The van der Waals surface area contributed by atoms with Gasteiger partial charge in [-0.25, -0.2) is 0 Å². The van der Waals surface area contributed by atoms with Crippen LogP contribution in [0, 0.1) is 13.8 Å². The van der Waals surface area contributed by atoms with Gasteiger partial charge in [-0.2, -0.15) is 0 Å². The van der Waals surface area contributed by atoms with Crippen molar-refractivity contribution in [2.45, 2.75) is 39.3 Å². The lowest BCUT2D eigenvalue weighted by Gasteiger charge is -2.25. The van der Waals surface area contributed by atoms with Gasteiger partial charge in [0.2, 0.25) is 0 Å². The van der Waals surface area contributed by atoms with Gasteiger partial charge in [-0.05, 0) is 56.5 Å². The molecule has 0 radical (unpaired) electrons. The van der Waals surface area contributed by atoms with Gasteiger partial charge < -0.3 is 19.0 Å². The third-order valence-corrected chi connectivity index (χ3v) is 5.85. The number of carbonyl (C=O) groups excluding carboxylic acids is 1. The molecule has 2 aromatic carbocycles. The van der Waals surface area contributed by atoms with Crippen molar-refractivity contribution < 1.29 is 13.9 Å². The minimum absolute atomic E-state index is 0.0754. The van der Waals surface area contributed by atoms with Gasteiger partial charge >= 0.3 is 0 Å². The van der Waals surface area contributed by atoms with Crippen LogP contribution in [0.25, 0.3) is 11.0 Å². The van der Waals surface area contributed by atoms with Crippen LogP contribution < -0.4 is 4.90 Å². The Balaban J connectivity index is 1.63. The Bertz CT molecular complexity index is 1030. The van der Waals surface area contributed by atoms with E-state index in [0.29, 0.717) is 18.8 Å². The molecule has 0 aliphatic carbocycles. The molecule has 0 bridgehead atoms. The van der Waals surface area contributed by atoms with Crippen LogP contribution in [0.5, 0.6) is 0 Å². The number of benzene rings is 2. The van der Waals surface area contributed by atoms with E-state index < -0.39 is 0 Å². The maximum Gasteiger partial charge on any atom is 0.290 e. The Morgan fingerprint density at radius 3 is 2.53 bits per heavy atom. The second kappa shape index (κ2) is 8.52. The molecule has 3 aromatic rings. The van der Waals surface area contributed by atoms with Gasteiger partial charge in [-0.3, -0.25) is 4.79 Å². The van der Waals surface area contributed by atoms with Crippen molar-refractivity contribution in [2.75, 3.05) is 32.1 Å². The summed E-state index contributed by atoms with van der Waals surface area (Å²) >= 11 is 0. The Morgan fingerprint density at radius 1 is 1.10 bits per heavy atom. The molecule has 1 fully saturated rings. The minimum atomic E-state index is -0.0754. The second-order valence-corrected chi connectivity index (χ2v) is 8.44. The summed E-state index contributed by atoms with van der Waals surface area (Å²) in [6.07, 6.45) is 2.12. The van der Waals surface area contributed by atoms with Gasteiger partial charge in [0.25, 0.3) is 5.91 Å². The molecule has 4 rings (SSSR count). The van der Waals surface area contributed by atoms with Crippen LogP contribution in [-0.4, -0.2) is 44.2 Å². The molecular formula is C25H30N2O3. The van der Waals surface area contributed by atoms with E-state index in [1.807, 2.05) is 38.1 Å². The number of carbonyl (C=O) groups is 1. The second-order valence-electron chi connectivity index (χ2n) is 8.44. The van der Waals surface area contributed by atoms with Gasteiger partial charge in [0.05, 0.1) is 6.10 Å². The maximum absolute atomic E-state index is 13.6. The average molecular weight is 407 g/mol. The largest absolute Gasteiger partial charge is 0.451 e. The number of aryl methyl sites for hydroxylation is 2. The highest BCUT2D eigenvalue weighted by molar-refractivity contribution is 5.99. The fraction of sp³-hybridized carbons (Fsp3) is 0.400. The molecule has 0 unspecified atom stereocenters. The van der Waals surface area contributed by atoms with Gasteiger partial charge in [0.1, 0.15) is 5.58 Å². The van der Waals surface area contributed by atoms with Gasteiger partial charge in [-0.15, -0.1) is 0 Å². The molecule has 0 spiro atoms. The molecule has 0 N–H and O–H groups in total. The summed E-state index contributed by atoms with van der Waals surface area (Å²) < 4.78 is 11.8. The Labute approximate surface area is 178 Å². The van der Waals surface area contributed by atoms with Crippen LogP contribution in [0.1, 0.15) is 40.1 Å². The third kappa shape index (κ3) is 4.21. The molecule has 1 saturated heterocycles. The molecule has 5 heteroatoms. The summed E-state index contributed by atoms with van der Waals surface area (Å²) in [5.41, 5.74) is 5.05. The van der Waals surface area contributed by atoms with Crippen molar-refractivity contribution in [3.63, 3.8) is 0 Å². The van der Waals surface area contributed by atoms with Crippen molar-refractivity contribution in [2.24, 2.45) is 0 Å². The molecule has 1 aliphatic heterocycles. The number of fused-ring (bicyclic) bond motifs is 1. The van der Waals surface area contributed by atoms with E-state index in [-0.39, 0.29) is 12.0 Å². The van der Waals surface area contributed by atoms with Crippen molar-refractivity contribution in [3.8, 4) is 0 Å². The SMILES string of the molecule is Cc1ccc2oc(C(=O)N(Cc3ccc(N(C)C)cc3)C[C@H]3CCCO3)c(C)c2c1. The Hall–Kier alpha value is -2.79. The maximum atomic E-state index is 13.6. The number of hydrogen-bond acceptors (Lipinski definition) is 4. The number of hydrogen-bond donors (Lipinski definition) is 0. The number of ether oxygens (including phenoxy) is 1. The predicted octanol–water partition coefficient (Wildman–Crippen LogP) is 4.94. The summed E-state index contributed by atoms with van der Waals surface area (Å²) in [6, 6.07) is 14.4. The summed E-state index contributed by atoms with van der Waals surface area (Å²) in [5, 5.41) is 1.01. The highest BCUT2D eigenvalue weighted by atomic mass is 16.5. The van der Waals surface area contributed by atoms with E-state index in [0.717, 1.165) is 52.8 Å². The number of anilines is 1. The molecule has 2 heterocycles. The fourth-order valence-electron chi connectivity index (χ4n) is 4.06. The zero-order chi connectivity index (χ0) is 21.3. The Morgan fingerprint density at radius 2 is 1.87 bits per heavy atom. The van der Waals surface area contributed by atoms with Crippen LogP contribution in [0.2, 0.25) is 0 Å². The number of amides is 1. The van der Waals surface area contributed by atoms with Crippen molar-refractivity contribution in [1.29, 1.82) is 0 Å². The summed E-state index contributed by atoms with van der Waals surface area (Å²) in [4.78, 5) is 17.5. The van der Waals surface area contributed by atoms with E-state index in [1.165, 1.54) is 0 Å². The Kier molecular flexibility index (Phi) is 5.82. The summed E-state index contributed by atoms with van der Waals surface area (Å²) in [6.45, 7) is 5.89. The molecule has 1 aromatic heterocycles. The first-order valence-electron chi connectivity index (χ1n) is 10.6. The van der Waals surface area contributed by atoms with Gasteiger partial charge in [0, 0.05) is 50.4 Å². The monoisotopic (exact) mass is 406 g/mol. The summed E-state index contributed by atoms with van der Waals surface area (Å²) in [5.74, 6) is 0.354. The topological polar surface area (TPSA) is 45.9 Å². The van der Waals surface area contributed by atoms with Gasteiger partial charge in [-0.1, -0.05) is 23.8 Å². The van der Waals surface area contributed by atoms with Crippen LogP contribution in [-0.2, 0) is 11.3 Å². The van der Waals surface area contributed by atoms with E-state index >= 15 is 0 Å². The minimum Gasteiger partial charge on any atom is -0.451 e. The van der Waals surface area contributed by atoms with E-state index in [4.69, 9.17) is 9.15 Å². The molecule has 1 amide bonds. The normalized spacial score (nSPS) is 16.2. The third-order valence-electron chi connectivity index (χ3n) is 5.85. The van der Waals surface area contributed by atoms with Crippen molar-refractivity contribution in [3.05, 3.63) is 64.9 Å².